The highest BCUT2D eigenvalue weighted by Gasteiger charge is 2.13. The summed E-state index contributed by atoms with van der Waals surface area (Å²) in [6.07, 6.45) is 8.00. The molecule has 0 unspecified atom stereocenters. The number of phenolic OH excluding ortho intramolecular Hbond substituents is 1. The molecule has 1 aromatic carbocycles. The Kier molecular flexibility index (Phi) is 3.93. The van der Waals surface area contributed by atoms with Crippen molar-refractivity contribution in [1.29, 1.82) is 0 Å². The molecule has 1 aliphatic carbocycles. The Morgan fingerprint density at radius 2 is 1.65 bits per heavy atom. The molecule has 1 saturated carbocycles. The fourth-order valence-electron chi connectivity index (χ4n) is 2.60. The molecule has 2 rings (SSSR count). The van der Waals surface area contributed by atoms with Crippen LogP contribution in [0.5, 0.6) is 5.75 Å². The zero-order valence-electron chi connectivity index (χ0n) is 10.9. The summed E-state index contributed by atoms with van der Waals surface area (Å²) in [4.78, 5) is 0. The monoisotopic (exact) mass is 233 g/mol. The van der Waals surface area contributed by atoms with Gasteiger partial charge in [0, 0.05) is 11.7 Å². The molecule has 0 heterocycles. The van der Waals surface area contributed by atoms with E-state index in [9.17, 15) is 5.11 Å². The molecule has 94 valence electrons. The average molecular weight is 233 g/mol. The van der Waals surface area contributed by atoms with Gasteiger partial charge in [0.05, 0.1) is 0 Å². The van der Waals surface area contributed by atoms with E-state index in [0.717, 1.165) is 11.1 Å². The molecule has 0 spiro atoms. The zero-order valence-corrected chi connectivity index (χ0v) is 10.9. The standard InChI is InChI=1S/C15H23NO/c1-11-10-15(17)12(2)9-14(11)16-13-7-5-3-4-6-8-13/h9-10,13,16-17H,3-8H2,1-2H3. The lowest BCUT2D eigenvalue weighted by Gasteiger charge is -2.20. The molecular formula is C15H23NO. The molecule has 1 aromatic rings. The molecule has 0 amide bonds. The van der Waals surface area contributed by atoms with Crippen molar-refractivity contribution < 1.29 is 5.11 Å². The van der Waals surface area contributed by atoms with E-state index in [1.165, 1.54) is 44.2 Å². The third-order valence-corrected chi connectivity index (χ3v) is 3.76. The van der Waals surface area contributed by atoms with E-state index >= 15 is 0 Å². The van der Waals surface area contributed by atoms with E-state index in [1.807, 2.05) is 13.0 Å². The van der Waals surface area contributed by atoms with Crippen LogP contribution in [0, 0.1) is 13.8 Å². The summed E-state index contributed by atoms with van der Waals surface area (Å²) in [6.45, 7) is 4.01. The van der Waals surface area contributed by atoms with Crippen LogP contribution in [0.3, 0.4) is 0 Å². The molecule has 0 aromatic heterocycles. The van der Waals surface area contributed by atoms with E-state index in [4.69, 9.17) is 0 Å². The second-order valence-electron chi connectivity index (χ2n) is 5.29. The molecule has 0 bridgehead atoms. The van der Waals surface area contributed by atoms with Gasteiger partial charge >= 0.3 is 0 Å². The first-order chi connectivity index (χ1) is 8.16. The lowest BCUT2D eigenvalue weighted by Crippen LogP contribution is -2.18. The van der Waals surface area contributed by atoms with E-state index in [2.05, 4.69) is 18.3 Å². The largest absolute Gasteiger partial charge is 0.508 e. The Morgan fingerprint density at radius 3 is 2.29 bits per heavy atom. The van der Waals surface area contributed by atoms with Crippen molar-refractivity contribution in [2.45, 2.75) is 58.4 Å². The lowest BCUT2D eigenvalue weighted by molar-refractivity contribution is 0.470. The number of hydrogen-bond donors (Lipinski definition) is 2. The third-order valence-electron chi connectivity index (χ3n) is 3.76. The van der Waals surface area contributed by atoms with Crippen molar-refractivity contribution in [3.05, 3.63) is 23.3 Å². The third kappa shape index (κ3) is 3.15. The van der Waals surface area contributed by atoms with Gasteiger partial charge in [-0.25, -0.2) is 0 Å². The summed E-state index contributed by atoms with van der Waals surface area (Å²) < 4.78 is 0. The van der Waals surface area contributed by atoms with Crippen molar-refractivity contribution in [2.75, 3.05) is 5.32 Å². The number of benzene rings is 1. The minimum atomic E-state index is 0.397. The molecule has 2 heteroatoms. The Bertz CT molecular complexity index is 379. The van der Waals surface area contributed by atoms with Crippen LogP contribution in [-0.4, -0.2) is 11.1 Å². The van der Waals surface area contributed by atoms with Crippen LogP contribution in [0.4, 0.5) is 5.69 Å². The van der Waals surface area contributed by atoms with Gasteiger partial charge < -0.3 is 10.4 Å². The van der Waals surface area contributed by atoms with Crippen LogP contribution in [0.25, 0.3) is 0 Å². The SMILES string of the molecule is Cc1cc(NC2CCCCCC2)c(C)cc1O. The normalized spacial score (nSPS) is 17.8. The summed E-state index contributed by atoms with van der Waals surface area (Å²) in [5.74, 6) is 0.397. The van der Waals surface area contributed by atoms with E-state index in [0.29, 0.717) is 11.8 Å². The van der Waals surface area contributed by atoms with Gasteiger partial charge in [-0.2, -0.15) is 0 Å². The summed E-state index contributed by atoms with van der Waals surface area (Å²) in [5, 5.41) is 13.3. The number of anilines is 1. The molecule has 17 heavy (non-hydrogen) atoms. The van der Waals surface area contributed by atoms with Gasteiger partial charge in [-0.3, -0.25) is 0 Å². The van der Waals surface area contributed by atoms with Crippen LogP contribution in [-0.2, 0) is 0 Å². The van der Waals surface area contributed by atoms with Crippen LogP contribution < -0.4 is 5.32 Å². The number of rotatable bonds is 2. The Morgan fingerprint density at radius 1 is 1.00 bits per heavy atom. The van der Waals surface area contributed by atoms with Gasteiger partial charge in [-0.05, 0) is 49.9 Å². The predicted octanol–water partition coefficient (Wildman–Crippen LogP) is 4.14. The Hall–Kier alpha value is -1.18. The molecular weight excluding hydrogens is 210 g/mol. The van der Waals surface area contributed by atoms with Crippen LogP contribution in [0.2, 0.25) is 0 Å². The molecule has 2 N–H and O–H groups in total. The van der Waals surface area contributed by atoms with Crippen molar-refractivity contribution in [2.24, 2.45) is 0 Å². The maximum absolute atomic E-state index is 9.65. The highest BCUT2D eigenvalue weighted by molar-refractivity contribution is 5.57. The topological polar surface area (TPSA) is 32.3 Å². The quantitative estimate of drug-likeness (QED) is 0.594. The second kappa shape index (κ2) is 5.44. The van der Waals surface area contributed by atoms with Gasteiger partial charge in [0.1, 0.15) is 5.75 Å². The van der Waals surface area contributed by atoms with Crippen molar-refractivity contribution in [1.82, 2.24) is 0 Å². The first kappa shape index (κ1) is 12.3. The molecule has 0 radical (unpaired) electrons. The molecule has 2 nitrogen and oxygen atoms in total. The van der Waals surface area contributed by atoms with Crippen LogP contribution >= 0.6 is 0 Å². The fourth-order valence-corrected chi connectivity index (χ4v) is 2.60. The predicted molar refractivity (Wildman–Crippen MR) is 72.7 cm³/mol. The highest BCUT2D eigenvalue weighted by atomic mass is 16.3. The number of hydrogen-bond acceptors (Lipinski definition) is 2. The maximum atomic E-state index is 9.65. The first-order valence-electron chi connectivity index (χ1n) is 6.73. The van der Waals surface area contributed by atoms with Crippen molar-refractivity contribution in [3.8, 4) is 5.75 Å². The van der Waals surface area contributed by atoms with Crippen LogP contribution in [0.1, 0.15) is 49.7 Å². The van der Waals surface area contributed by atoms with E-state index < -0.39 is 0 Å². The molecule has 1 fully saturated rings. The van der Waals surface area contributed by atoms with Gasteiger partial charge in [-0.15, -0.1) is 0 Å². The Labute approximate surface area is 104 Å². The highest BCUT2D eigenvalue weighted by Crippen LogP contribution is 2.27. The smallest absolute Gasteiger partial charge is 0.118 e. The van der Waals surface area contributed by atoms with Gasteiger partial charge in [0.2, 0.25) is 0 Å². The van der Waals surface area contributed by atoms with Crippen LogP contribution in [0.15, 0.2) is 12.1 Å². The van der Waals surface area contributed by atoms with E-state index in [-0.39, 0.29) is 0 Å². The fraction of sp³-hybridized carbons (Fsp3) is 0.600. The minimum Gasteiger partial charge on any atom is -0.508 e. The summed E-state index contributed by atoms with van der Waals surface area (Å²) in [6, 6.07) is 4.53. The number of aromatic hydroxyl groups is 1. The molecule has 0 atom stereocenters. The number of aryl methyl sites for hydroxylation is 2. The Balaban J connectivity index is 2.09. The summed E-state index contributed by atoms with van der Waals surface area (Å²) >= 11 is 0. The van der Waals surface area contributed by atoms with Crippen molar-refractivity contribution in [3.63, 3.8) is 0 Å². The van der Waals surface area contributed by atoms with Gasteiger partial charge in [0.25, 0.3) is 0 Å². The molecule has 0 aliphatic heterocycles. The summed E-state index contributed by atoms with van der Waals surface area (Å²) in [5.41, 5.74) is 3.27. The molecule has 1 aliphatic rings. The van der Waals surface area contributed by atoms with Gasteiger partial charge in [0.15, 0.2) is 0 Å². The summed E-state index contributed by atoms with van der Waals surface area (Å²) in [7, 11) is 0. The van der Waals surface area contributed by atoms with Gasteiger partial charge in [-0.1, -0.05) is 25.7 Å². The second-order valence-corrected chi connectivity index (χ2v) is 5.29. The average Bonchev–Trinajstić information content (AvgIpc) is 2.54. The lowest BCUT2D eigenvalue weighted by atomic mass is 10.1. The maximum Gasteiger partial charge on any atom is 0.118 e. The first-order valence-corrected chi connectivity index (χ1v) is 6.73. The van der Waals surface area contributed by atoms with Crippen molar-refractivity contribution >= 4 is 5.69 Å². The minimum absolute atomic E-state index is 0.397. The van der Waals surface area contributed by atoms with E-state index in [1.54, 1.807) is 0 Å². The number of nitrogens with one attached hydrogen (secondary N) is 1. The zero-order chi connectivity index (χ0) is 12.3. The molecule has 0 saturated heterocycles. The number of phenols is 1.